The number of rotatable bonds is 8. The molecule has 0 aliphatic rings. The van der Waals surface area contributed by atoms with E-state index in [1.807, 2.05) is 24.3 Å². The number of urea groups is 1. The Kier molecular flexibility index (Phi) is 7.20. The van der Waals surface area contributed by atoms with Crippen LogP contribution >= 0.6 is 0 Å². The fourth-order valence-corrected chi connectivity index (χ4v) is 3.67. The van der Waals surface area contributed by atoms with Gasteiger partial charge in [0.2, 0.25) is 10.0 Å². The monoisotopic (exact) mass is 391 g/mol. The molecule has 0 heterocycles. The molecule has 0 fully saturated rings. The van der Waals surface area contributed by atoms with Crippen LogP contribution in [0.5, 0.6) is 5.75 Å². The minimum absolute atomic E-state index is 0.115. The van der Waals surface area contributed by atoms with Crippen LogP contribution in [0.3, 0.4) is 0 Å². The molecular weight excluding hydrogens is 366 g/mol. The SMILES string of the molecule is COc1ccccc1CCNC(=O)NCc1ccccc1S(=O)(=O)N(C)C. The van der Waals surface area contributed by atoms with E-state index in [1.165, 1.54) is 20.2 Å². The summed E-state index contributed by atoms with van der Waals surface area (Å²) in [5.41, 5.74) is 1.54. The van der Waals surface area contributed by atoms with Gasteiger partial charge >= 0.3 is 6.03 Å². The highest BCUT2D eigenvalue weighted by Gasteiger charge is 2.20. The number of para-hydroxylation sites is 1. The van der Waals surface area contributed by atoms with Gasteiger partial charge in [-0.1, -0.05) is 36.4 Å². The summed E-state index contributed by atoms with van der Waals surface area (Å²) in [6.45, 7) is 0.549. The maximum atomic E-state index is 12.4. The largest absolute Gasteiger partial charge is 0.496 e. The van der Waals surface area contributed by atoms with Gasteiger partial charge in [0.1, 0.15) is 5.75 Å². The number of hydrogen-bond donors (Lipinski definition) is 2. The number of nitrogens with one attached hydrogen (secondary N) is 2. The Hall–Kier alpha value is -2.58. The highest BCUT2D eigenvalue weighted by molar-refractivity contribution is 7.89. The summed E-state index contributed by atoms with van der Waals surface area (Å²) >= 11 is 0. The molecule has 0 spiro atoms. The minimum Gasteiger partial charge on any atom is -0.496 e. The van der Waals surface area contributed by atoms with Crippen molar-refractivity contribution in [3.05, 3.63) is 59.7 Å². The Balaban J connectivity index is 1.91. The van der Waals surface area contributed by atoms with Gasteiger partial charge in [-0.2, -0.15) is 0 Å². The summed E-state index contributed by atoms with van der Waals surface area (Å²) in [5.74, 6) is 0.780. The number of hydrogen-bond acceptors (Lipinski definition) is 4. The smallest absolute Gasteiger partial charge is 0.315 e. The fourth-order valence-electron chi connectivity index (χ4n) is 2.56. The summed E-state index contributed by atoms with van der Waals surface area (Å²) in [5, 5.41) is 5.47. The van der Waals surface area contributed by atoms with Gasteiger partial charge < -0.3 is 15.4 Å². The summed E-state index contributed by atoms with van der Waals surface area (Å²) < 4.78 is 31.2. The average Bonchev–Trinajstić information content (AvgIpc) is 2.66. The van der Waals surface area contributed by atoms with Crippen molar-refractivity contribution < 1.29 is 17.9 Å². The summed E-state index contributed by atoms with van der Waals surface area (Å²) in [6, 6.07) is 13.9. The number of sulfonamides is 1. The molecule has 0 atom stereocenters. The van der Waals surface area contributed by atoms with Crippen LogP contribution < -0.4 is 15.4 Å². The molecule has 2 aromatic rings. The molecule has 0 radical (unpaired) electrons. The average molecular weight is 391 g/mol. The van der Waals surface area contributed by atoms with Crippen molar-refractivity contribution >= 4 is 16.1 Å². The van der Waals surface area contributed by atoms with E-state index in [9.17, 15) is 13.2 Å². The topological polar surface area (TPSA) is 87.7 Å². The lowest BCUT2D eigenvalue weighted by molar-refractivity contribution is 0.240. The normalized spacial score (nSPS) is 11.3. The number of carbonyl (C=O) groups is 1. The van der Waals surface area contributed by atoms with E-state index >= 15 is 0 Å². The molecule has 2 amide bonds. The molecule has 0 unspecified atom stereocenters. The van der Waals surface area contributed by atoms with Crippen molar-refractivity contribution in [2.24, 2.45) is 0 Å². The maximum absolute atomic E-state index is 12.4. The first-order valence-corrected chi connectivity index (χ1v) is 9.94. The van der Waals surface area contributed by atoms with Gasteiger partial charge in [0.15, 0.2) is 0 Å². The van der Waals surface area contributed by atoms with Gasteiger partial charge in [0, 0.05) is 27.2 Å². The first-order valence-electron chi connectivity index (χ1n) is 8.50. The van der Waals surface area contributed by atoms with Crippen molar-refractivity contribution in [1.29, 1.82) is 0 Å². The highest BCUT2D eigenvalue weighted by atomic mass is 32.2. The van der Waals surface area contributed by atoms with E-state index in [0.717, 1.165) is 15.6 Å². The second kappa shape index (κ2) is 9.38. The molecule has 0 aliphatic carbocycles. The minimum atomic E-state index is -3.57. The Morgan fingerprint density at radius 1 is 1.00 bits per heavy atom. The zero-order valence-corrected chi connectivity index (χ0v) is 16.5. The van der Waals surface area contributed by atoms with Crippen molar-refractivity contribution in [2.75, 3.05) is 27.7 Å². The van der Waals surface area contributed by atoms with Crippen molar-refractivity contribution in [3.63, 3.8) is 0 Å². The maximum Gasteiger partial charge on any atom is 0.315 e. The number of nitrogens with zero attached hydrogens (tertiary/aromatic N) is 1. The molecule has 7 nitrogen and oxygen atoms in total. The molecule has 0 saturated carbocycles. The van der Waals surface area contributed by atoms with Crippen LogP contribution in [0.1, 0.15) is 11.1 Å². The number of carbonyl (C=O) groups excluding carboxylic acids is 1. The Bertz CT molecular complexity index is 882. The summed E-state index contributed by atoms with van der Waals surface area (Å²) in [7, 11) is 0.994. The fraction of sp³-hybridized carbons (Fsp3) is 0.316. The Morgan fingerprint density at radius 2 is 1.63 bits per heavy atom. The second-order valence-corrected chi connectivity index (χ2v) is 8.19. The first-order chi connectivity index (χ1) is 12.9. The molecule has 0 bridgehead atoms. The molecule has 2 rings (SSSR count). The lowest BCUT2D eigenvalue weighted by Crippen LogP contribution is -2.36. The molecule has 27 heavy (non-hydrogen) atoms. The van der Waals surface area contributed by atoms with Crippen LogP contribution in [-0.4, -0.2) is 46.5 Å². The van der Waals surface area contributed by atoms with Gasteiger partial charge in [0.25, 0.3) is 0 Å². The van der Waals surface area contributed by atoms with E-state index in [2.05, 4.69) is 10.6 Å². The van der Waals surface area contributed by atoms with Crippen molar-refractivity contribution in [2.45, 2.75) is 17.9 Å². The summed E-state index contributed by atoms with van der Waals surface area (Å²) in [6.07, 6.45) is 0.628. The molecule has 2 aromatic carbocycles. The molecule has 2 N–H and O–H groups in total. The van der Waals surface area contributed by atoms with Crippen molar-refractivity contribution in [1.82, 2.24) is 14.9 Å². The third kappa shape index (κ3) is 5.45. The number of benzene rings is 2. The number of methoxy groups -OCH3 is 1. The van der Waals surface area contributed by atoms with E-state index in [4.69, 9.17) is 4.74 Å². The Morgan fingerprint density at radius 3 is 2.30 bits per heavy atom. The van der Waals surface area contributed by atoms with Crippen LogP contribution in [0, 0.1) is 0 Å². The van der Waals surface area contributed by atoms with Gasteiger partial charge in [-0.25, -0.2) is 17.5 Å². The van der Waals surface area contributed by atoms with Crippen LogP contribution in [0.2, 0.25) is 0 Å². The Labute approximate surface area is 160 Å². The highest BCUT2D eigenvalue weighted by Crippen LogP contribution is 2.18. The predicted molar refractivity (Wildman–Crippen MR) is 104 cm³/mol. The van der Waals surface area contributed by atoms with Crippen LogP contribution in [0.4, 0.5) is 4.79 Å². The third-order valence-electron chi connectivity index (χ3n) is 4.04. The van der Waals surface area contributed by atoms with Gasteiger partial charge in [0.05, 0.1) is 12.0 Å². The molecule has 146 valence electrons. The van der Waals surface area contributed by atoms with Crippen LogP contribution in [0.25, 0.3) is 0 Å². The third-order valence-corrected chi connectivity index (χ3v) is 5.96. The van der Waals surface area contributed by atoms with Gasteiger partial charge in [-0.3, -0.25) is 0 Å². The van der Waals surface area contributed by atoms with Gasteiger partial charge in [-0.05, 0) is 29.7 Å². The summed E-state index contributed by atoms with van der Waals surface area (Å²) in [4.78, 5) is 12.2. The molecule has 0 aromatic heterocycles. The lowest BCUT2D eigenvalue weighted by Gasteiger charge is -2.15. The zero-order chi connectivity index (χ0) is 19.9. The van der Waals surface area contributed by atoms with Crippen LogP contribution in [-0.2, 0) is 23.0 Å². The standard InChI is InChI=1S/C19H25N3O4S/c1-22(2)27(24,25)18-11-7-5-9-16(18)14-21-19(23)20-13-12-15-8-4-6-10-17(15)26-3/h4-11H,12-14H2,1-3H3,(H2,20,21,23). The van der Waals surface area contributed by atoms with E-state index in [0.29, 0.717) is 18.5 Å². The number of ether oxygens (including phenoxy) is 1. The van der Waals surface area contributed by atoms with Gasteiger partial charge in [-0.15, -0.1) is 0 Å². The zero-order valence-electron chi connectivity index (χ0n) is 15.7. The lowest BCUT2D eigenvalue weighted by atomic mass is 10.1. The van der Waals surface area contributed by atoms with E-state index < -0.39 is 10.0 Å². The molecule has 0 aliphatic heterocycles. The van der Waals surface area contributed by atoms with Crippen LogP contribution in [0.15, 0.2) is 53.4 Å². The quantitative estimate of drug-likeness (QED) is 0.720. The molecule has 8 heteroatoms. The van der Waals surface area contributed by atoms with E-state index in [1.54, 1.807) is 25.3 Å². The predicted octanol–water partition coefficient (Wildman–Crippen LogP) is 1.99. The van der Waals surface area contributed by atoms with E-state index in [-0.39, 0.29) is 17.5 Å². The molecular formula is C19H25N3O4S. The first kappa shape index (κ1) is 20.7. The molecule has 0 saturated heterocycles. The number of amides is 2. The van der Waals surface area contributed by atoms with Crippen molar-refractivity contribution in [3.8, 4) is 5.75 Å². The second-order valence-electron chi connectivity index (χ2n) is 6.07.